The Balaban J connectivity index is 1.72. The van der Waals surface area contributed by atoms with Gasteiger partial charge in [0, 0.05) is 17.8 Å². The van der Waals surface area contributed by atoms with Gasteiger partial charge in [-0.2, -0.15) is 0 Å². The van der Waals surface area contributed by atoms with Gasteiger partial charge in [0.1, 0.15) is 17.3 Å². The SMILES string of the molecule is COc1ccc(-c2nc(C)c(-c3cccc(NCCO)c3C)c(=O)n2Cc2cnco2)c(C2CC2)c1. The summed E-state index contributed by atoms with van der Waals surface area (Å²) in [5.74, 6) is 2.41. The summed E-state index contributed by atoms with van der Waals surface area (Å²) < 4.78 is 12.7. The van der Waals surface area contributed by atoms with Crippen LogP contribution < -0.4 is 15.6 Å². The van der Waals surface area contributed by atoms with E-state index in [1.165, 1.54) is 6.39 Å². The number of anilines is 1. The lowest BCUT2D eigenvalue weighted by Crippen LogP contribution is -2.27. The van der Waals surface area contributed by atoms with E-state index in [1.54, 1.807) is 17.9 Å². The molecule has 2 aromatic heterocycles. The van der Waals surface area contributed by atoms with E-state index in [2.05, 4.69) is 16.4 Å². The van der Waals surface area contributed by atoms with Crippen LogP contribution in [0, 0.1) is 13.8 Å². The second kappa shape index (κ2) is 9.99. The molecule has 0 atom stereocenters. The summed E-state index contributed by atoms with van der Waals surface area (Å²) in [5, 5.41) is 12.5. The monoisotopic (exact) mass is 486 g/mol. The number of methoxy groups -OCH3 is 1. The number of hydrogen-bond donors (Lipinski definition) is 2. The van der Waals surface area contributed by atoms with Gasteiger partial charge in [-0.05, 0) is 73.6 Å². The second-order valence-corrected chi connectivity index (χ2v) is 9.11. The predicted molar refractivity (Wildman–Crippen MR) is 139 cm³/mol. The average molecular weight is 487 g/mol. The number of oxazole rings is 1. The second-order valence-electron chi connectivity index (χ2n) is 9.11. The van der Waals surface area contributed by atoms with E-state index in [0.717, 1.165) is 46.5 Å². The molecule has 2 N–H and O–H groups in total. The van der Waals surface area contributed by atoms with Gasteiger partial charge in [0.2, 0.25) is 0 Å². The quantitative estimate of drug-likeness (QED) is 0.359. The van der Waals surface area contributed by atoms with Crippen molar-refractivity contribution in [1.82, 2.24) is 14.5 Å². The van der Waals surface area contributed by atoms with Crippen molar-refractivity contribution in [3.63, 3.8) is 0 Å². The molecule has 186 valence electrons. The number of benzene rings is 2. The Morgan fingerprint density at radius 2 is 2.03 bits per heavy atom. The first-order valence-corrected chi connectivity index (χ1v) is 12.1. The lowest BCUT2D eigenvalue weighted by atomic mass is 9.97. The van der Waals surface area contributed by atoms with E-state index in [-0.39, 0.29) is 18.7 Å². The molecule has 2 aromatic carbocycles. The Kier molecular flexibility index (Phi) is 6.61. The lowest BCUT2D eigenvalue weighted by Gasteiger charge is -2.19. The smallest absolute Gasteiger partial charge is 0.262 e. The zero-order chi connectivity index (χ0) is 25.2. The standard InChI is InChI=1S/C28H30N4O4/c1-17-22(5-4-6-25(17)30-11-12-33)26-18(2)31-27(32(28(26)34)15-21-14-29-16-36-21)23-10-9-20(35-3)13-24(23)19-7-8-19/h4-6,9-10,13-14,16,19,30,33H,7-8,11-12,15H2,1-3H3. The fourth-order valence-electron chi connectivity index (χ4n) is 4.69. The highest BCUT2D eigenvalue weighted by Gasteiger charge is 2.29. The first-order valence-electron chi connectivity index (χ1n) is 12.1. The highest BCUT2D eigenvalue weighted by atomic mass is 16.5. The highest BCUT2D eigenvalue weighted by Crippen LogP contribution is 2.45. The van der Waals surface area contributed by atoms with Gasteiger partial charge in [0.05, 0.1) is 37.7 Å². The van der Waals surface area contributed by atoms with Gasteiger partial charge in [-0.3, -0.25) is 9.36 Å². The van der Waals surface area contributed by atoms with E-state index < -0.39 is 0 Å². The summed E-state index contributed by atoms with van der Waals surface area (Å²) >= 11 is 0. The molecule has 1 aliphatic rings. The molecular weight excluding hydrogens is 456 g/mol. The Morgan fingerprint density at radius 1 is 1.19 bits per heavy atom. The van der Waals surface area contributed by atoms with Crippen molar-refractivity contribution in [2.45, 2.75) is 39.2 Å². The Morgan fingerprint density at radius 3 is 2.72 bits per heavy atom. The maximum atomic E-state index is 14.2. The van der Waals surface area contributed by atoms with E-state index in [4.69, 9.17) is 14.1 Å². The molecule has 4 aromatic rings. The van der Waals surface area contributed by atoms with Crippen LogP contribution in [0.1, 0.15) is 41.3 Å². The molecule has 0 amide bonds. The Bertz CT molecular complexity index is 1440. The van der Waals surface area contributed by atoms with Crippen molar-refractivity contribution in [3.05, 3.63) is 81.9 Å². The maximum Gasteiger partial charge on any atom is 0.262 e. The Hall–Kier alpha value is -3.91. The van der Waals surface area contributed by atoms with Crippen molar-refractivity contribution < 1.29 is 14.3 Å². The van der Waals surface area contributed by atoms with Crippen LogP contribution in [0.2, 0.25) is 0 Å². The van der Waals surface area contributed by atoms with Crippen molar-refractivity contribution >= 4 is 5.69 Å². The third kappa shape index (κ3) is 4.52. The van der Waals surface area contributed by atoms with Crippen molar-refractivity contribution in [3.8, 4) is 28.3 Å². The molecule has 2 heterocycles. The van der Waals surface area contributed by atoms with Crippen LogP contribution in [0.5, 0.6) is 5.75 Å². The van der Waals surface area contributed by atoms with Crippen LogP contribution >= 0.6 is 0 Å². The molecule has 0 spiro atoms. The summed E-state index contributed by atoms with van der Waals surface area (Å²) in [5.41, 5.74) is 5.74. The van der Waals surface area contributed by atoms with Crippen LogP contribution in [0.3, 0.4) is 0 Å². The molecule has 0 radical (unpaired) electrons. The van der Waals surface area contributed by atoms with Crippen LogP contribution in [-0.4, -0.2) is 39.9 Å². The van der Waals surface area contributed by atoms with E-state index in [0.29, 0.717) is 35.3 Å². The molecule has 0 unspecified atom stereocenters. The fourth-order valence-corrected chi connectivity index (χ4v) is 4.69. The summed E-state index contributed by atoms with van der Waals surface area (Å²) in [6.45, 7) is 4.52. The van der Waals surface area contributed by atoms with Gasteiger partial charge in [0.15, 0.2) is 6.39 Å². The zero-order valence-corrected chi connectivity index (χ0v) is 20.7. The number of aliphatic hydroxyl groups excluding tert-OH is 1. The molecule has 0 aliphatic heterocycles. The van der Waals surface area contributed by atoms with Gasteiger partial charge < -0.3 is 19.6 Å². The first-order chi connectivity index (χ1) is 17.5. The molecule has 1 fully saturated rings. The number of nitrogens with zero attached hydrogens (tertiary/aromatic N) is 3. The number of aliphatic hydroxyl groups is 1. The number of hydrogen-bond acceptors (Lipinski definition) is 7. The van der Waals surface area contributed by atoms with Crippen LogP contribution in [0.25, 0.3) is 22.5 Å². The number of rotatable bonds is 9. The minimum Gasteiger partial charge on any atom is -0.497 e. The molecule has 1 aliphatic carbocycles. The summed E-state index contributed by atoms with van der Waals surface area (Å²) in [4.78, 5) is 23.2. The number of aromatic nitrogens is 3. The minimum atomic E-state index is -0.145. The van der Waals surface area contributed by atoms with Crippen molar-refractivity contribution in [1.29, 1.82) is 0 Å². The molecule has 36 heavy (non-hydrogen) atoms. The van der Waals surface area contributed by atoms with Gasteiger partial charge in [0.25, 0.3) is 5.56 Å². The topological polar surface area (TPSA) is 102 Å². The predicted octanol–water partition coefficient (Wildman–Crippen LogP) is 4.52. The Labute approximate surface area is 209 Å². The van der Waals surface area contributed by atoms with Gasteiger partial charge in [-0.15, -0.1) is 0 Å². The lowest BCUT2D eigenvalue weighted by molar-refractivity contribution is 0.311. The molecule has 1 saturated carbocycles. The first kappa shape index (κ1) is 23.8. The van der Waals surface area contributed by atoms with Crippen molar-refractivity contribution in [2.24, 2.45) is 0 Å². The molecule has 8 heteroatoms. The van der Waals surface area contributed by atoms with Gasteiger partial charge >= 0.3 is 0 Å². The summed E-state index contributed by atoms with van der Waals surface area (Å²) in [6, 6.07) is 11.8. The molecule has 8 nitrogen and oxygen atoms in total. The molecule has 0 bridgehead atoms. The highest BCUT2D eigenvalue weighted by molar-refractivity contribution is 5.76. The van der Waals surface area contributed by atoms with Gasteiger partial charge in [-0.1, -0.05) is 12.1 Å². The third-order valence-corrected chi connectivity index (χ3v) is 6.69. The molecular formula is C28H30N4O4. The molecule has 5 rings (SSSR count). The largest absolute Gasteiger partial charge is 0.497 e. The minimum absolute atomic E-state index is 0.0219. The number of nitrogens with one attached hydrogen (secondary N) is 1. The summed E-state index contributed by atoms with van der Waals surface area (Å²) in [6.07, 6.45) is 5.20. The fraction of sp³-hybridized carbons (Fsp3) is 0.321. The zero-order valence-electron chi connectivity index (χ0n) is 20.7. The van der Waals surface area contributed by atoms with Crippen LogP contribution in [0.15, 0.2) is 58.2 Å². The maximum absolute atomic E-state index is 14.2. The number of aryl methyl sites for hydroxylation is 1. The van der Waals surface area contributed by atoms with Crippen LogP contribution in [-0.2, 0) is 6.54 Å². The van der Waals surface area contributed by atoms with E-state index >= 15 is 0 Å². The van der Waals surface area contributed by atoms with E-state index in [1.807, 2.05) is 44.2 Å². The normalized spacial score (nSPS) is 13.1. The van der Waals surface area contributed by atoms with Gasteiger partial charge in [-0.25, -0.2) is 9.97 Å². The van der Waals surface area contributed by atoms with Crippen molar-refractivity contribution in [2.75, 3.05) is 25.6 Å². The van der Waals surface area contributed by atoms with Crippen LogP contribution in [0.4, 0.5) is 5.69 Å². The molecule has 0 saturated heterocycles. The van der Waals surface area contributed by atoms with E-state index in [9.17, 15) is 9.90 Å². The number of ether oxygens (including phenoxy) is 1. The average Bonchev–Trinajstić information content (AvgIpc) is 3.61. The summed E-state index contributed by atoms with van der Waals surface area (Å²) in [7, 11) is 1.66. The third-order valence-electron chi connectivity index (χ3n) is 6.69.